The zero-order valence-corrected chi connectivity index (χ0v) is 15.2. The second-order valence-corrected chi connectivity index (χ2v) is 7.36. The molecule has 0 aliphatic carbocycles. The van der Waals surface area contributed by atoms with E-state index >= 15 is 0 Å². The molecule has 5 heteroatoms. The van der Waals surface area contributed by atoms with Crippen molar-refractivity contribution in [2.24, 2.45) is 4.99 Å². The Morgan fingerprint density at radius 1 is 1.04 bits per heavy atom. The molecule has 1 fully saturated rings. The number of amidine groups is 1. The molecule has 0 saturated carbocycles. The van der Waals surface area contributed by atoms with Gasteiger partial charge in [-0.2, -0.15) is 4.99 Å². The lowest BCUT2D eigenvalue weighted by Crippen LogP contribution is -2.23. The van der Waals surface area contributed by atoms with Gasteiger partial charge >= 0.3 is 0 Å². The number of hydrogen-bond donors (Lipinski definition) is 0. The first-order valence-corrected chi connectivity index (χ1v) is 9.64. The van der Waals surface area contributed by atoms with Crippen molar-refractivity contribution in [2.75, 3.05) is 13.1 Å². The molecule has 26 heavy (non-hydrogen) atoms. The van der Waals surface area contributed by atoms with Crippen LogP contribution in [0.15, 0.2) is 64.5 Å². The van der Waals surface area contributed by atoms with E-state index in [4.69, 9.17) is 4.74 Å². The lowest BCUT2D eigenvalue weighted by molar-refractivity contribution is -0.113. The SMILES string of the molecule is O=C1N=C(N2CCCC2)S/C1=C\c1ccc(OCc2ccccc2)cc1. The molecule has 132 valence electrons. The van der Waals surface area contributed by atoms with Gasteiger partial charge in [-0.1, -0.05) is 42.5 Å². The quantitative estimate of drug-likeness (QED) is 0.757. The summed E-state index contributed by atoms with van der Waals surface area (Å²) in [7, 11) is 0. The number of hydrogen-bond acceptors (Lipinski definition) is 4. The first kappa shape index (κ1) is 16.9. The van der Waals surface area contributed by atoms with E-state index in [0.717, 1.165) is 35.1 Å². The Labute approximate surface area is 157 Å². The zero-order chi connectivity index (χ0) is 17.8. The van der Waals surface area contributed by atoms with Crippen LogP contribution < -0.4 is 4.74 Å². The highest BCUT2D eigenvalue weighted by Gasteiger charge is 2.27. The lowest BCUT2D eigenvalue weighted by atomic mass is 10.2. The average Bonchev–Trinajstić information content (AvgIpc) is 3.32. The van der Waals surface area contributed by atoms with E-state index in [1.54, 1.807) is 0 Å². The van der Waals surface area contributed by atoms with Crippen molar-refractivity contribution < 1.29 is 9.53 Å². The van der Waals surface area contributed by atoms with E-state index in [1.807, 2.05) is 60.7 Å². The molecule has 0 aromatic heterocycles. The predicted molar refractivity (Wildman–Crippen MR) is 106 cm³/mol. The molecule has 0 N–H and O–H groups in total. The number of amides is 1. The van der Waals surface area contributed by atoms with Gasteiger partial charge in [0.05, 0.1) is 4.91 Å². The largest absolute Gasteiger partial charge is 0.489 e. The average molecular weight is 364 g/mol. The fourth-order valence-corrected chi connectivity index (χ4v) is 3.96. The van der Waals surface area contributed by atoms with Gasteiger partial charge in [-0.3, -0.25) is 4.79 Å². The van der Waals surface area contributed by atoms with Crippen molar-refractivity contribution in [2.45, 2.75) is 19.4 Å². The van der Waals surface area contributed by atoms with Crippen LogP contribution in [0.25, 0.3) is 6.08 Å². The van der Waals surface area contributed by atoms with Crippen molar-refractivity contribution >= 4 is 28.9 Å². The van der Waals surface area contributed by atoms with Crippen molar-refractivity contribution in [1.82, 2.24) is 4.90 Å². The highest BCUT2D eigenvalue weighted by Crippen LogP contribution is 2.31. The summed E-state index contributed by atoms with van der Waals surface area (Å²) >= 11 is 1.48. The number of benzene rings is 2. The van der Waals surface area contributed by atoms with Crippen molar-refractivity contribution in [3.63, 3.8) is 0 Å². The van der Waals surface area contributed by atoms with Crippen LogP contribution in [-0.4, -0.2) is 29.1 Å². The van der Waals surface area contributed by atoms with E-state index in [9.17, 15) is 4.79 Å². The molecular formula is C21H20N2O2S. The molecule has 0 atom stereocenters. The summed E-state index contributed by atoms with van der Waals surface area (Å²) in [5, 5.41) is 0.849. The Kier molecular flexibility index (Phi) is 5.07. The molecule has 2 aliphatic heterocycles. The van der Waals surface area contributed by atoms with Crippen LogP contribution in [0.5, 0.6) is 5.75 Å². The molecule has 1 saturated heterocycles. The summed E-state index contributed by atoms with van der Waals surface area (Å²) in [6, 6.07) is 17.9. The lowest BCUT2D eigenvalue weighted by Gasteiger charge is -2.14. The van der Waals surface area contributed by atoms with Gasteiger partial charge in [0.1, 0.15) is 12.4 Å². The Morgan fingerprint density at radius 3 is 2.50 bits per heavy atom. The number of nitrogens with zero attached hydrogens (tertiary/aromatic N) is 2. The summed E-state index contributed by atoms with van der Waals surface area (Å²) in [4.78, 5) is 19.2. The molecule has 4 rings (SSSR count). The molecule has 2 aromatic carbocycles. The number of carbonyl (C=O) groups is 1. The zero-order valence-electron chi connectivity index (χ0n) is 14.4. The van der Waals surface area contributed by atoms with Crippen molar-refractivity contribution in [1.29, 1.82) is 0 Å². The smallest absolute Gasteiger partial charge is 0.286 e. The highest BCUT2D eigenvalue weighted by atomic mass is 32.2. The fraction of sp³-hybridized carbons (Fsp3) is 0.238. The second kappa shape index (κ2) is 7.79. The van der Waals surface area contributed by atoms with E-state index < -0.39 is 0 Å². The highest BCUT2D eigenvalue weighted by molar-refractivity contribution is 8.18. The Balaban J connectivity index is 1.38. The van der Waals surface area contributed by atoms with E-state index in [-0.39, 0.29) is 5.91 Å². The van der Waals surface area contributed by atoms with Crippen molar-refractivity contribution in [3.8, 4) is 5.75 Å². The van der Waals surface area contributed by atoms with Crippen LogP contribution in [0.1, 0.15) is 24.0 Å². The third-order valence-corrected chi connectivity index (χ3v) is 5.46. The molecular weight excluding hydrogens is 344 g/mol. The molecule has 0 radical (unpaired) electrons. The topological polar surface area (TPSA) is 41.9 Å². The number of likely N-dealkylation sites (tertiary alicyclic amines) is 1. The van der Waals surface area contributed by atoms with Gasteiger partial charge in [0, 0.05) is 13.1 Å². The van der Waals surface area contributed by atoms with Crippen LogP contribution in [0.4, 0.5) is 0 Å². The van der Waals surface area contributed by atoms with Crippen LogP contribution >= 0.6 is 11.8 Å². The molecule has 2 heterocycles. The van der Waals surface area contributed by atoms with Gasteiger partial charge in [-0.05, 0) is 53.9 Å². The predicted octanol–water partition coefficient (Wildman–Crippen LogP) is 4.33. The van der Waals surface area contributed by atoms with Gasteiger partial charge in [-0.25, -0.2) is 0 Å². The van der Waals surface area contributed by atoms with Gasteiger partial charge in [-0.15, -0.1) is 0 Å². The number of carbonyl (C=O) groups excluding carboxylic acids is 1. The van der Waals surface area contributed by atoms with Gasteiger partial charge in [0.2, 0.25) is 0 Å². The number of ether oxygens (including phenoxy) is 1. The number of aliphatic imine (C=N–C) groups is 1. The van der Waals surface area contributed by atoms with E-state index in [2.05, 4.69) is 9.89 Å². The van der Waals surface area contributed by atoms with Gasteiger partial charge < -0.3 is 9.64 Å². The third kappa shape index (κ3) is 3.99. The Bertz CT molecular complexity index is 838. The number of rotatable bonds is 4. The molecule has 1 amide bonds. The van der Waals surface area contributed by atoms with Gasteiger partial charge in [0.25, 0.3) is 5.91 Å². The fourth-order valence-electron chi connectivity index (χ4n) is 2.99. The van der Waals surface area contributed by atoms with E-state index in [1.165, 1.54) is 24.6 Å². The summed E-state index contributed by atoms with van der Waals surface area (Å²) in [6.45, 7) is 2.54. The van der Waals surface area contributed by atoms with Crippen LogP contribution in [0.2, 0.25) is 0 Å². The molecule has 2 aromatic rings. The summed E-state index contributed by atoms with van der Waals surface area (Å²) in [5.41, 5.74) is 2.11. The molecule has 2 aliphatic rings. The summed E-state index contributed by atoms with van der Waals surface area (Å²) in [6.07, 6.45) is 4.26. The summed E-state index contributed by atoms with van der Waals surface area (Å²) < 4.78 is 5.80. The Morgan fingerprint density at radius 2 is 1.77 bits per heavy atom. The second-order valence-electron chi connectivity index (χ2n) is 6.35. The van der Waals surface area contributed by atoms with Gasteiger partial charge in [0.15, 0.2) is 5.17 Å². The van der Waals surface area contributed by atoms with Crippen molar-refractivity contribution in [3.05, 3.63) is 70.6 Å². The van der Waals surface area contributed by atoms with Crippen LogP contribution in [-0.2, 0) is 11.4 Å². The maximum atomic E-state index is 12.1. The number of thioether (sulfide) groups is 1. The minimum absolute atomic E-state index is 0.138. The van der Waals surface area contributed by atoms with Crippen LogP contribution in [0, 0.1) is 0 Å². The summed E-state index contributed by atoms with van der Waals surface area (Å²) in [5.74, 6) is 0.678. The minimum Gasteiger partial charge on any atom is -0.489 e. The molecule has 0 spiro atoms. The molecule has 4 nitrogen and oxygen atoms in total. The third-order valence-electron chi connectivity index (χ3n) is 4.41. The first-order valence-electron chi connectivity index (χ1n) is 8.82. The molecule has 0 unspecified atom stereocenters. The standard InChI is InChI=1S/C21H20N2O2S/c24-20-19(26-21(22-20)23-12-4-5-13-23)14-16-8-10-18(11-9-16)25-15-17-6-2-1-3-7-17/h1-3,6-11,14H,4-5,12-13,15H2/b19-14-. The minimum atomic E-state index is -0.138. The first-order chi connectivity index (χ1) is 12.8. The monoisotopic (exact) mass is 364 g/mol. The maximum absolute atomic E-state index is 12.1. The normalized spacial score (nSPS) is 18.5. The van der Waals surface area contributed by atoms with E-state index in [0.29, 0.717) is 11.5 Å². The Hall–Kier alpha value is -2.53. The van der Waals surface area contributed by atoms with Crippen LogP contribution in [0.3, 0.4) is 0 Å². The maximum Gasteiger partial charge on any atom is 0.286 e. The molecule has 0 bridgehead atoms.